The molecule has 4 rings (SSSR count). The number of aromatic nitrogens is 2. The highest BCUT2D eigenvalue weighted by Crippen LogP contribution is 2.30. The van der Waals surface area contributed by atoms with Gasteiger partial charge in [0.05, 0.1) is 36.3 Å². The molecule has 168 valence electrons. The molecule has 2 amide bonds. The van der Waals surface area contributed by atoms with Crippen molar-refractivity contribution in [2.24, 2.45) is 0 Å². The summed E-state index contributed by atoms with van der Waals surface area (Å²) >= 11 is 0. The number of ether oxygens (including phenoxy) is 1. The fraction of sp³-hybridized carbons (Fsp3) is 0.174. The highest BCUT2D eigenvalue weighted by atomic mass is 16.5. The van der Waals surface area contributed by atoms with Crippen LogP contribution < -0.4 is 4.74 Å². The number of carbonyl (C=O) groups is 4. The predicted octanol–water partition coefficient (Wildman–Crippen LogP) is 1.95. The van der Waals surface area contributed by atoms with Crippen LogP contribution in [-0.2, 0) is 4.79 Å². The van der Waals surface area contributed by atoms with Gasteiger partial charge in [-0.05, 0) is 12.1 Å². The number of aromatic amines is 1. The SMILES string of the molecule is C=C1CN(C(=O)C(=O)c2c[nH]c3c(C(=O)O)ncc(OC)c23)CCN1C(=O)c1ccccc1. The second-order valence-corrected chi connectivity index (χ2v) is 7.38. The van der Waals surface area contributed by atoms with Gasteiger partial charge in [-0.25, -0.2) is 9.78 Å². The van der Waals surface area contributed by atoms with E-state index in [9.17, 15) is 24.3 Å². The van der Waals surface area contributed by atoms with Gasteiger partial charge in [-0.15, -0.1) is 0 Å². The Kier molecular flexibility index (Phi) is 5.65. The lowest BCUT2D eigenvalue weighted by Gasteiger charge is -2.36. The number of ketones is 1. The fourth-order valence-electron chi connectivity index (χ4n) is 3.79. The monoisotopic (exact) mass is 448 g/mol. The summed E-state index contributed by atoms with van der Waals surface area (Å²) in [7, 11) is 1.35. The van der Waals surface area contributed by atoms with Crippen LogP contribution in [0.5, 0.6) is 5.75 Å². The number of nitrogens with zero attached hydrogens (tertiary/aromatic N) is 3. The molecule has 3 heterocycles. The van der Waals surface area contributed by atoms with Gasteiger partial charge in [-0.1, -0.05) is 24.8 Å². The lowest BCUT2D eigenvalue weighted by Crippen LogP contribution is -2.50. The first-order chi connectivity index (χ1) is 15.8. The number of Topliss-reactive ketones (excluding diaryl/α,β-unsaturated/α-hetero) is 1. The van der Waals surface area contributed by atoms with Gasteiger partial charge in [-0.2, -0.15) is 0 Å². The summed E-state index contributed by atoms with van der Waals surface area (Å²) in [6.07, 6.45) is 2.46. The zero-order valence-corrected chi connectivity index (χ0v) is 17.7. The van der Waals surface area contributed by atoms with Crippen molar-refractivity contribution in [3.05, 3.63) is 71.8 Å². The standard InChI is InChI=1S/C23H20N4O6/c1-13-12-26(8-9-27(13)21(29)14-6-4-3-5-7-14)22(30)20(28)15-10-24-18-17(15)16(33-2)11-25-19(18)23(31)32/h3-7,10-11,24H,1,8-9,12H2,2H3,(H,31,32). The van der Waals surface area contributed by atoms with Crippen LogP contribution >= 0.6 is 0 Å². The Morgan fingerprint density at radius 3 is 2.52 bits per heavy atom. The average Bonchev–Trinajstić information content (AvgIpc) is 3.27. The number of hydrogen-bond acceptors (Lipinski definition) is 6. The van der Waals surface area contributed by atoms with E-state index in [1.54, 1.807) is 24.3 Å². The number of aromatic carboxylic acids is 1. The topological polar surface area (TPSA) is 133 Å². The van der Waals surface area contributed by atoms with Crippen LogP contribution in [0.1, 0.15) is 31.2 Å². The normalized spacial score (nSPS) is 13.8. The Balaban J connectivity index is 1.56. The minimum absolute atomic E-state index is 0.00453. The first-order valence-electron chi connectivity index (χ1n) is 9.99. The zero-order valence-electron chi connectivity index (χ0n) is 17.7. The Morgan fingerprint density at radius 2 is 1.88 bits per heavy atom. The van der Waals surface area contributed by atoms with Gasteiger partial charge >= 0.3 is 5.97 Å². The largest absolute Gasteiger partial charge is 0.494 e. The molecule has 0 saturated carbocycles. The summed E-state index contributed by atoms with van der Waals surface area (Å²) in [5, 5.41) is 9.53. The summed E-state index contributed by atoms with van der Waals surface area (Å²) < 4.78 is 5.23. The van der Waals surface area contributed by atoms with Gasteiger partial charge in [0, 0.05) is 30.5 Å². The number of fused-ring (bicyclic) bond motifs is 1. The quantitative estimate of drug-likeness (QED) is 0.450. The second kappa shape index (κ2) is 8.58. The number of piperazine rings is 1. The molecule has 10 heteroatoms. The molecule has 0 bridgehead atoms. The predicted molar refractivity (Wildman–Crippen MR) is 117 cm³/mol. The number of hydrogen-bond donors (Lipinski definition) is 2. The van der Waals surface area contributed by atoms with Gasteiger partial charge in [-0.3, -0.25) is 14.4 Å². The number of rotatable bonds is 5. The lowest BCUT2D eigenvalue weighted by molar-refractivity contribution is -0.127. The molecule has 3 aromatic rings. The molecular formula is C23H20N4O6. The van der Waals surface area contributed by atoms with Crippen molar-refractivity contribution in [2.75, 3.05) is 26.7 Å². The third kappa shape index (κ3) is 3.82. The second-order valence-electron chi connectivity index (χ2n) is 7.38. The minimum Gasteiger partial charge on any atom is -0.494 e. The van der Waals surface area contributed by atoms with Crippen LogP contribution in [0.2, 0.25) is 0 Å². The number of pyridine rings is 1. The van der Waals surface area contributed by atoms with Crippen molar-refractivity contribution in [1.82, 2.24) is 19.8 Å². The number of carboxylic acids is 1. The van der Waals surface area contributed by atoms with E-state index in [0.29, 0.717) is 11.3 Å². The van der Waals surface area contributed by atoms with E-state index in [4.69, 9.17) is 4.74 Å². The molecule has 0 aliphatic carbocycles. The van der Waals surface area contributed by atoms with Crippen LogP contribution in [0, 0.1) is 0 Å². The van der Waals surface area contributed by atoms with Crippen LogP contribution in [0.25, 0.3) is 10.9 Å². The van der Waals surface area contributed by atoms with Gasteiger partial charge in [0.2, 0.25) is 0 Å². The van der Waals surface area contributed by atoms with E-state index in [0.717, 1.165) is 0 Å². The van der Waals surface area contributed by atoms with E-state index < -0.39 is 17.7 Å². The molecule has 10 nitrogen and oxygen atoms in total. The Bertz CT molecular complexity index is 1300. The molecule has 33 heavy (non-hydrogen) atoms. The van der Waals surface area contributed by atoms with Crippen molar-refractivity contribution in [1.29, 1.82) is 0 Å². The number of benzene rings is 1. The van der Waals surface area contributed by atoms with Gasteiger partial charge in [0.15, 0.2) is 5.69 Å². The molecule has 1 aromatic carbocycles. The zero-order chi connectivity index (χ0) is 23.7. The third-order valence-corrected chi connectivity index (χ3v) is 5.44. The molecule has 0 spiro atoms. The number of H-pyrrole nitrogens is 1. The third-order valence-electron chi connectivity index (χ3n) is 5.44. The molecular weight excluding hydrogens is 428 g/mol. The Labute approximate surface area is 188 Å². The van der Waals surface area contributed by atoms with Crippen LogP contribution in [0.3, 0.4) is 0 Å². The summed E-state index contributed by atoms with van der Waals surface area (Å²) in [6, 6.07) is 8.72. The molecule has 1 aliphatic heterocycles. The van der Waals surface area contributed by atoms with E-state index in [1.807, 2.05) is 6.07 Å². The molecule has 0 atom stereocenters. The smallest absolute Gasteiger partial charge is 0.356 e. The van der Waals surface area contributed by atoms with Crippen molar-refractivity contribution >= 4 is 34.5 Å². The summed E-state index contributed by atoms with van der Waals surface area (Å²) in [6.45, 7) is 4.24. The van der Waals surface area contributed by atoms with Gasteiger partial charge in [0.25, 0.3) is 17.6 Å². The molecule has 0 radical (unpaired) electrons. The van der Waals surface area contributed by atoms with Crippen molar-refractivity contribution in [3.8, 4) is 5.75 Å². The number of carbonyl (C=O) groups excluding carboxylic acids is 3. The van der Waals surface area contributed by atoms with E-state index in [2.05, 4.69) is 16.5 Å². The average molecular weight is 448 g/mol. The van der Waals surface area contributed by atoms with E-state index >= 15 is 0 Å². The van der Waals surface area contributed by atoms with Crippen LogP contribution in [-0.4, -0.2) is 75.2 Å². The number of methoxy groups -OCH3 is 1. The molecule has 1 fully saturated rings. The molecule has 1 aliphatic rings. The van der Waals surface area contributed by atoms with E-state index in [-0.39, 0.29) is 53.5 Å². The van der Waals surface area contributed by atoms with Crippen LogP contribution in [0.4, 0.5) is 0 Å². The molecule has 2 N–H and O–H groups in total. The Morgan fingerprint density at radius 1 is 1.15 bits per heavy atom. The minimum atomic E-state index is -1.29. The molecule has 0 unspecified atom stereocenters. The highest BCUT2D eigenvalue weighted by molar-refractivity contribution is 6.45. The van der Waals surface area contributed by atoms with Crippen LogP contribution in [0.15, 0.2) is 55.0 Å². The van der Waals surface area contributed by atoms with Gasteiger partial charge in [0.1, 0.15) is 5.75 Å². The number of nitrogens with one attached hydrogen (secondary N) is 1. The molecule has 2 aromatic heterocycles. The maximum atomic E-state index is 13.1. The number of amides is 2. The highest BCUT2D eigenvalue weighted by Gasteiger charge is 2.33. The lowest BCUT2D eigenvalue weighted by atomic mass is 10.1. The first-order valence-corrected chi connectivity index (χ1v) is 9.99. The first kappa shape index (κ1) is 21.8. The van der Waals surface area contributed by atoms with E-state index in [1.165, 1.54) is 29.3 Å². The van der Waals surface area contributed by atoms with Crippen molar-refractivity contribution in [2.45, 2.75) is 0 Å². The molecule has 1 saturated heterocycles. The fourth-order valence-corrected chi connectivity index (χ4v) is 3.79. The van der Waals surface area contributed by atoms with Crippen molar-refractivity contribution in [3.63, 3.8) is 0 Å². The summed E-state index contributed by atoms with van der Waals surface area (Å²) in [5.74, 6) is -2.98. The summed E-state index contributed by atoms with van der Waals surface area (Å²) in [5.41, 5.74) is 0.665. The maximum absolute atomic E-state index is 13.1. The Hall–Kier alpha value is -4.47. The van der Waals surface area contributed by atoms with Gasteiger partial charge < -0.3 is 24.6 Å². The maximum Gasteiger partial charge on any atom is 0.356 e. The van der Waals surface area contributed by atoms with Crippen molar-refractivity contribution < 1.29 is 29.0 Å². The number of carboxylic acid groups (broad SMARTS) is 1. The summed E-state index contributed by atoms with van der Waals surface area (Å²) in [4.78, 5) is 59.6.